The molecular weight excluding hydrogens is 410 g/mol. The smallest absolute Gasteiger partial charge is 0.280 e. The number of carbonyl (C=O) groups is 1. The molecular formula is C24H19N3O3S. The van der Waals surface area contributed by atoms with Gasteiger partial charge in [0.15, 0.2) is 5.82 Å². The molecule has 3 aromatic carbocycles. The average molecular weight is 430 g/mol. The lowest BCUT2D eigenvalue weighted by atomic mass is 10.1. The van der Waals surface area contributed by atoms with Crippen LogP contribution >= 0.6 is 11.8 Å². The Labute approximate surface area is 183 Å². The Morgan fingerprint density at radius 1 is 0.935 bits per heavy atom. The molecule has 0 bridgehead atoms. The van der Waals surface area contributed by atoms with Crippen LogP contribution in [0.25, 0.3) is 22.3 Å². The number of para-hydroxylation sites is 2. The van der Waals surface area contributed by atoms with Crippen molar-refractivity contribution < 1.29 is 9.53 Å². The molecule has 0 saturated carbocycles. The monoisotopic (exact) mass is 429 g/mol. The fourth-order valence-electron chi connectivity index (χ4n) is 3.82. The summed E-state index contributed by atoms with van der Waals surface area (Å²) >= 11 is 1.46. The number of ether oxygens (including phenoxy) is 1. The van der Waals surface area contributed by atoms with E-state index in [1.807, 2.05) is 66.7 Å². The van der Waals surface area contributed by atoms with Crippen LogP contribution in [0.5, 0.6) is 5.75 Å². The van der Waals surface area contributed by atoms with E-state index in [9.17, 15) is 9.59 Å². The van der Waals surface area contributed by atoms with Crippen molar-refractivity contribution in [3.8, 4) is 17.1 Å². The number of amides is 1. The fourth-order valence-corrected chi connectivity index (χ4v) is 4.98. The van der Waals surface area contributed by atoms with Crippen LogP contribution in [0, 0.1) is 0 Å². The number of nitrogens with zero attached hydrogens (tertiary/aromatic N) is 3. The van der Waals surface area contributed by atoms with E-state index in [0.29, 0.717) is 22.5 Å². The summed E-state index contributed by atoms with van der Waals surface area (Å²) in [4.78, 5) is 31.6. The fraction of sp³-hybridized carbons (Fsp3) is 0.125. The maximum absolute atomic E-state index is 13.7. The standard InChI is InChI=1S/C24H19N3O3S/c1-30-20-14-8-6-12-18(20)24-26(21(28)15-31-24)27-22(16-9-3-2-4-10-16)25-19-13-7-5-11-17(19)23(27)29/h2-14,24H,15H2,1H3. The first-order valence-corrected chi connectivity index (χ1v) is 10.9. The van der Waals surface area contributed by atoms with Crippen LogP contribution in [0.3, 0.4) is 0 Å². The van der Waals surface area contributed by atoms with E-state index >= 15 is 0 Å². The molecule has 31 heavy (non-hydrogen) atoms. The number of thioether (sulfide) groups is 1. The summed E-state index contributed by atoms with van der Waals surface area (Å²) in [5.74, 6) is 1.20. The van der Waals surface area contributed by atoms with Crippen LogP contribution < -0.4 is 15.3 Å². The third-order valence-corrected chi connectivity index (χ3v) is 6.43. The van der Waals surface area contributed by atoms with Crippen molar-refractivity contribution in [1.29, 1.82) is 0 Å². The van der Waals surface area contributed by atoms with Crippen LogP contribution in [0.2, 0.25) is 0 Å². The summed E-state index contributed by atoms with van der Waals surface area (Å²) in [5, 5.41) is 1.57. The number of carbonyl (C=O) groups excluding carboxylic acids is 1. The second-order valence-corrected chi connectivity index (χ2v) is 8.15. The Kier molecular flexibility index (Phi) is 4.95. The molecule has 7 heteroatoms. The molecule has 5 rings (SSSR count). The third-order valence-electron chi connectivity index (χ3n) is 5.25. The van der Waals surface area contributed by atoms with Gasteiger partial charge < -0.3 is 4.74 Å². The minimum atomic E-state index is -0.410. The molecule has 0 N–H and O–H groups in total. The Morgan fingerprint density at radius 2 is 1.65 bits per heavy atom. The van der Waals surface area contributed by atoms with Crippen LogP contribution in [-0.2, 0) is 4.79 Å². The molecule has 1 aromatic heterocycles. The molecule has 1 atom stereocenters. The molecule has 1 fully saturated rings. The van der Waals surface area contributed by atoms with Crippen molar-refractivity contribution in [3.63, 3.8) is 0 Å². The number of fused-ring (bicyclic) bond motifs is 1. The van der Waals surface area contributed by atoms with Crippen LogP contribution in [-0.4, -0.2) is 28.4 Å². The van der Waals surface area contributed by atoms with Crippen molar-refractivity contribution in [2.45, 2.75) is 5.37 Å². The van der Waals surface area contributed by atoms with E-state index < -0.39 is 5.37 Å². The van der Waals surface area contributed by atoms with Gasteiger partial charge in [0.05, 0.1) is 23.8 Å². The zero-order chi connectivity index (χ0) is 21.4. The lowest BCUT2D eigenvalue weighted by Crippen LogP contribution is -2.46. The van der Waals surface area contributed by atoms with Gasteiger partial charge in [-0.15, -0.1) is 11.8 Å². The highest BCUT2D eigenvalue weighted by molar-refractivity contribution is 8.00. The van der Waals surface area contributed by atoms with Gasteiger partial charge in [-0.05, 0) is 18.2 Å². The molecule has 2 heterocycles. The number of hydrogen-bond donors (Lipinski definition) is 0. The highest BCUT2D eigenvalue weighted by atomic mass is 32.2. The van der Waals surface area contributed by atoms with Gasteiger partial charge in [0.1, 0.15) is 11.1 Å². The zero-order valence-corrected chi connectivity index (χ0v) is 17.6. The number of aromatic nitrogens is 2. The minimum Gasteiger partial charge on any atom is -0.496 e. The molecule has 1 aliphatic rings. The van der Waals surface area contributed by atoms with E-state index in [4.69, 9.17) is 9.72 Å². The Morgan fingerprint density at radius 3 is 2.45 bits per heavy atom. The van der Waals surface area contributed by atoms with Gasteiger partial charge in [-0.3, -0.25) is 9.59 Å². The predicted molar refractivity (Wildman–Crippen MR) is 123 cm³/mol. The Hall–Kier alpha value is -3.58. The maximum atomic E-state index is 13.7. The van der Waals surface area contributed by atoms with Crippen LogP contribution in [0.4, 0.5) is 0 Å². The SMILES string of the molecule is COc1ccccc1C1SCC(=O)N1n1c(-c2ccccc2)nc2ccccc2c1=O. The van der Waals surface area contributed by atoms with Gasteiger partial charge in [0.2, 0.25) is 0 Å². The van der Waals surface area contributed by atoms with Crippen molar-refractivity contribution in [3.05, 3.63) is 94.8 Å². The second kappa shape index (κ2) is 7.92. The topological polar surface area (TPSA) is 64.4 Å². The van der Waals surface area contributed by atoms with Gasteiger partial charge >= 0.3 is 0 Å². The number of benzene rings is 3. The molecule has 1 saturated heterocycles. The predicted octanol–water partition coefficient (Wildman–Crippen LogP) is 3.98. The summed E-state index contributed by atoms with van der Waals surface area (Å²) in [6.07, 6.45) is 0. The van der Waals surface area contributed by atoms with E-state index in [0.717, 1.165) is 11.1 Å². The highest BCUT2D eigenvalue weighted by Crippen LogP contribution is 2.41. The van der Waals surface area contributed by atoms with Crippen molar-refractivity contribution in [2.24, 2.45) is 0 Å². The second-order valence-electron chi connectivity index (χ2n) is 7.08. The highest BCUT2D eigenvalue weighted by Gasteiger charge is 2.38. The first-order valence-electron chi connectivity index (χ1n) is 9.83. The molecule has 0 radical (unpaired) electrons. The normalized spacial score (nSPS) is 16.1. The molecule has 0 spiro atoms. The summed E-state index contributed by atoms with van der Waals surface area (Å²) in [6, 6.07) is 24.2. The average Bonchev–Trinajstić information content (AvgIpc) is 3.20. The quantitative estimate of drug-likeness (QED) is 0.491. The van der Waals surface area contributed by atoms with Gasteiger partial charge in [0.25, 0.3) is 11.5 Å². The van der Waals surface area contributed by atoms with Crippen LogP contribution in [0.1, 0.15) is 10.9 Å². The lowest BCUT2D eigenvalue weighted by Gasteiger charge is -2.28. The molecule has 4 aromatic rings. The lowest BCUT2D eigenvalue weighted by molar-refractivity contribution is -0.117. The third kappa shape index (κ3) is 3.27. The van der Waals surface area contributed by atoms with E-state index in [1.54, 1.807) is 19.2 Å². The summed E-state index contributed by atoms with van der Waals surface area (Å²) in [7, 11) is 1.60. The van der Waals surface area contributed by atoms with Crippen LogP contribution in [0.15, 0.2) is 83.7 Å². The van der Waals surface area contributed by atoms with Gasteiger partial charge in [-0.25, -0.2) is 9.99 Å². The minimum absolute atomic E-state index is 0.155. The Balaban J connectivity index is 1.79. The van der Waals surface area contributed by atoms with Gasteiger partial charge in [-0.2, -0.15) is 4.68 Å². The van der Waals surface area contributed by atoms with Gasteiger partial charge in [-0.1, -0.05) is 60.7 Å². The number of rotatable bonds is 4. The molecule has 1 aliphatic heterocycles. The summed E-state index contributed by atoms with van der Waals surface area (Å²) in [5.41, 5.74) is 1.91. The largest absolute Gasteiger partial charge is 0.496 e. The molecule has 1 unspecified atom stereocenters. The molecule has 154 valence electrons. The first kappa shape index (κ1) is 19.4. The first-order chi connectivity index (χ1) is 15.2. The molecule has 6 nitrogen and oxygen atoms in total. The Bertz CT molecular complexity index is 1340. The van der Waals surface area contributed by atoms with E-state index in [1.165, 1.54) is 21.4 Å². The molecule has 0 aliphatic carbocycles. The maximum Gasteiger partial charge on any atom is 0.280 e. The van der Waals surface area contributed by atoms with Crippen molar-refractivity contribution >= 4 is 28.6 Å². The number of methoxy groups -OCH3 is 1. The number of hydrogen-bond acceptors (Lipinski definition) is 5. The summed E-state index contributed by atoms with van der Waals surface area (Å²) < 4.78 is 6.97. The van der Waals surface area contributed by atoms with Gasteiger partial charge in [0, 0.05) is 11.1 Å². The molecule has 1 amide bonds. The van der Waals surface area contributed by atoms with E-state index in [-0.39, 0.29) is 17.2 Å². The van der Waals surface area contributed by atoms with E-state index in [2.05, 4.69) is 0 Å². The van der Waals surface area contributed by atoms with Crippen molar-refractivity contribution in [1.82, 2.24) is 9.66 Å². The zero-order valence-electron chi connectivity index (χ0n) is 16.8. The van der Waals surface area contributed by atoms with Crippen molar-refractivity contribution in [2.75, 3.05) is 17.9 Å². The summed E-state index contributed by atoms with van der Waals surface area (Å²) in [6.45, 7) is 0.